The van der Waals surface area contributed by atoms with Gasteiger partial charge in [0.05, 0.1) is 11.5 Å². The van der Waals surface area contributed by atoms with Crippen molar-refractivity contribution in [2.75, 3.05) is 6.61 Å². The second-order valence-electron chi connectivity index (χ2n) is 5.14. The van der Waals surface area contributed by atoms with Crippen molar-refractivity contribution in [1.82, 2.24) is 4.72 Å². The van der Waals surface area contributed by atoms with Crippen LogP contribution in [0.25, 0.3) is 0 Å². The fraction of sp³-hybridized carbons (Fsp3) is 0.571. The number of nitrogens with one attached hydrogen (secondary N) is 1. The molecule has 0 bridgehead atoms. The second-order valence-corrected chi connectivity index (χ2v) is 6.85. The van der Waals surface area contributed by atoms with Crippen LogP contribution >= 0.6 is 0 Å². The van der Waals surface area contributed by atoms with E-state index in [0.717, 1.165) is 25.7 Å². The van der Waals surface area contributed by atoms with E-state index in [1.54, 1.807) is 24.3 Å². The molecule has 20 heavy (non-hydrogen) atoms. The van der Waals surface area contributed by atoms with Gasteiger partial charge in [0.2, 0.25) is 10.0 Å². The Kier molecular flexibility index (Phi) is 5.01. The molecule has 2 rings (SSSR count). The SMILES string of the molecule is CCOc1cccc(S(=O)(=O)NC2CCC(N)CC2)c1. The Morgan fingerprint density at radius 1 is 1.30 bits per heavy atom. The molecule has 1 aliphatic carbocycles. The van der Waals surface area contributed by atoms with E-state index in [4.69, 9.17) is 10.5 Å². The van der Waals surface area contributed by atoms with E-state index in [2.05, 4.69) is 4.72 Å². The summed E-state index contributed by atoms with van der Waals surface area (Å²) in [5.41, 5.74) is 5.83. The Balaban J connectivity index is 2.08. The monoisotopic (exact) mass is 298 g/mol. The van der Waals surface area contributed by atoms with Gasteiger partial charge < -0.3 is 10.5 Å². The Bertz CT molecular complexity index is 537. The van der Waals surface area contributed by atoms with Crippen LogP contribution < -0.4 is 15.2 Å². The van der Waals surface area contributed by atoms with Gasteiger partial charge in [-0.2, -0.15) is 0 Å². The third-order valence-electron chi connectivity index (χ3n) is 3.52. The van der Waals surface area contributed by atoms with E-state index in [1.165, 1.54) is 0 Å². The van der Waals surface area contributed by atoms with E-state index in [9.17, 15) is 8.42 Å². The van der Waals surface area contributed by atoms with Crippen LogP contribution in [0.2, 0.25) is 0 Å². The predicted molar refractivity (Wildman–Crippen MR) is 78.2 cm³/mol. The first-order valence-corrected chi connectivity index (χ1v) is 8.50. The van der Waals surface area contributed by atoms with Crippen LogP contribution in [-0.4, -0.2) is 27.1 Å². The van der Waals surface area contributed by atoms with Gasteiger partial charge in [0.15, 0.2) is 0 Å². The molecule has 0 saturated heterocycles. The molecule has 1 aromatic carbocycles. The molecule has 1 saturated carbocycles. The van der Waals surface area contributed by atoms with Crippen molar-refractivity contribution in [3.8, 4) is 5.75 Å². The van der Waals surface area contributed by atoms with Crippen LogP contribution in [-0.2, 0) is 10.0 Å². The summed E-state index contributed by atoms with van der Waals surface area (Å²) < 4.78 is 32.8. The third-order valence-corrected chi connectivity index (χ3v) is 5.04. The van der Waals surface area contributed by atoms with E-state index in [-0.39, 0.29) is 17.0 Å². The molecule has 3 N–H and O–H groups in total. The topological polar surface area (TPSA) is 81.4 Å². The quantitative estimate of drug-likeness (QED) is 0.865. The van der Waals surface area contributed by atoms with E-state index >= 15 is 0 Å². The van der Waals surface area contributed by atoms with Crippen molar-refractivity contribution >= 4 is 10.0 Å². The highest BCUT2D eigenvalue weighted by Crippen LogP contribution is 2.21. The summed E-state index contributed by atoms with van der Waals surface area (Å²) in [6.45, 7) is 2.38. The summed E-state index contributed by atoms with van der Waals surface area (Å²) in [6, 6.07) is 6.77. The number of ether oxygens (including phenoxy) is 1. The first-order chi connectivity index (χ1) is 9.51. The van der Waals surface area contributed by atoms with Crippen molar-refractivity contribution in [3.63, 3.8) is 0 Å². The summed E-state index contributed by atoms with van der Waals surface area (Å²) in [6.07, 6.45) is 3.33. The highest BCUT2D eigenvalue weighted by molar-refractivity contribution is 7.89. The Hall–Kier alpha value is -1.11. The Morgan fingerprint density at radius 2 is 2.00 bits per heavy atom. The van der Waals surface area contributed by atoms with Crippen LogP contribution in [0.1, 0.15) is 32.6 Å². The van der Waals surface area contributed by atoms with Gasteiger partial charge in [-0.25, -0.2) is 13.1 Å². The van der Waals surface area contributed by atoms with Gasteiger partial charge in [0.25, 0.3) is 0 Å². The van der Waals surface area contributed by atoms with Gasteiger partial charge in [0, 0.05) is 18.2 Å². The zero-order valence-corrected chi connectivity index (χ0v) is 12.5. The molecule has 6 heteroatoms. The van der Waals surface area contributed by atoms with Crippen LogP contribution in [0.4, 0.5) is 0 Å². The van der Waals surface area contributed by atoms with Gasteiger partial charge in [0.1, 0.15) is 5.75 Å². The number of sulfonamides is 1. The van der Waals surface area contributed by atoms with Gasteiger partial charge in [-0.1, -0.05) is 6.07 Å². The molecule has 1 aliphatic rings. The molecule has 0 heterocycles. The van der Waals surface area contributed by atoms with Gasteiger partial charge in [-0.15, -0.1) is 0 Å². The number of benzene rings is 1. The minimum atomic E-state index is -3.49. The maximum atomic E-state index is 12.3. The number of hydrogen-bond donors (Lipinski definition) is 2. The lowest BCUT2D eigenvalue weighted by Crippen LogP contribution is -2.40. The smallest absolute Gasteiger partial charge is 0.240 e. The lowest BCUT2D eigenvalue weighted by molar-refractivity contribution is 0.339. The van der Waals surface area contributed by atoms with E-state index < -0.39 is 10.0 Å². The average molecular weight is 298 g/mol. The average Bonchev–Trinajstić information content (AvgIpc) is 2.42. The Labute approximate surface area is 120 Å². The maximum Gasteiger partial charge on any atom is 0.240 e. The lowest BCUT2D eigenvalue weighted by Gasteiger charge is -2.26. The van der Waals surface area contributed by atoms with Crippen molar-refractivity contribution in [2.45, 2.75) is 49.6 Å². The normalized spacial score (nSPS) is 23.5. The highest BCUT2D eigenvalue weighted by atomic mass is 32.2. The third kappa shape index (κ3) is 3.94. The molecule has 0 aliphatic heterocycles. The molecule has 5 nitrogen and oxygen atoms in total. The van der Waals surface area contributed by atoms with E-state index in [0.29, 0.717) is 12.4 Å². The lowest BCUT2D eigenvalue weighted by atomic mass is 9.93. The summed E-state index contributed by atoms with van der Waals surface area (Å²) in [5, 5.41) is 0. The van der Waals surface area contributed by atoms with E-state index in [1.807, 2.05) is 6.92 Å². The van der Waals surface area contributed by atoms with Gasteiger partial charge in [-0.3, -0.25) is 0 Å². The molecule has 0 amide bonds. The second kappa shape index (κ2) is 6.56. The fourth-order valence-electron chi connectivity index (χ4n) is 2.42. The molecule has 112 valence electrons. The highest BCUT2D eigenvalue weighted by Gasteiger charge is 2.24. The van der Waals surface area contributed by atoms with Crippen LogP contribution in [0.3, 0.4) is 0 Å². The largest absolute Gasteiger partial charge is 0.494 e. The predicted octanol–water partition coefficient (Wildman–Crippen LogP) is 1.63. The molecule has 0 radical (unpaired) electrons. The fourth-order valence-corrected chi connectivity index (χ4v) is 3.76. The Morgan fingerprint density at radius 3 is 2.65 bits per heavy atom. The van der Waals surface area contributed by atoms with Crippen LogP contribution in [0, 0.1) is 0 Å². The van der Waals surface area contributed by atoms with Crippen molar-refractivity contribution in [3.05, 3.63) is 24.3 Å². The van der Waals surface area contributed by atoms with Crippen LogP contribution in [0.15, 0.2) is 29.2 Å². The first kappa shape index (κ1) is 15.3. The molecule has 0 atom stereocenters. The first-order valence-electron chi connectivity index (χ1n) is 7.02. The summed E-state index contributed by atoms with van der Waals surface area (Å²) in [5.74, 6) is 0.570. The number of rotatable bonds is 5. The summed E-state index contributed by atoms with van der Waals surface area (Å²) >= 11 is 0. The summed E-state index contributed by atoms with van der Waals surface area (Å²) in [7, 11) is -3.49. The minimum Gasteiger partial charge on any atom is -0.494 e. The maximum absolute atomic E-state index is 12.3. The zero-order chi connectivity index (χ0) is 14.6. The van der Waals surface area contributed by atoms with Crippen molar-refractivity contribution in [2.24, 2.45) is 5.73 Å². The molecular formula is C14H22N2O3S. The molecule has 0 spiro atoms. The number of hydrogen-bond acceptors (Lipinski definition) is 4. The molecular weight excluding hydrogens is 276 g/mol. The molecule has 0 unspecified atom stereocenters. The van der Waals surface area contributed by atoms with Gasteiger partial charge >= 0.3 is 0 Å². The van der Waals surface area contributed by atoms with Crippen molar-refractivity contribution < 1.29 is 13.2 Å². The van der Waals surface area contributed by atoms with Crippen LogP contribution in [0.5, 0.6) is 5.75 Å². The zero-order valence-electron chi connectivity index (χ0n) is 11.7. The molecule has 1 aromatic rings. The number of nitrogens with two attached hydrogens (primary N) is 1. The van der Waals surface area contributed by atoms with Gasteiger partial charge in [-0.05, 0) is 44.7 Å². The summed E-state index contributed by atoms with van der Waals surface area (Å²) in [4.78, 5) is 0.248. The van der Waals surface area contributed by atoms with Crippen molar-refractivity contribution in [1.29, 1.82) is 0 Å². The molecule has 0 aromatic heterocycles. The molecule has 1 fully saturated rings. The minimum absolute atomic E-state index is 0.0180. The standard InChI is InChI=1S/C14H22N2O3S/c1-2-19-13-4-3-5-14(10-13)20(17,18)16-12-8-6-11(15)7-9-12/h3-5,10-12,16H,2,6-9,15H2,1H3.